The maximum absolute atomic E-state index is 12.1. The summed E-state index contributed by atoms with van der Waals surface area (Å²) in [5.74, 6) is -0.0826. The molecule has 0 spiro atoms. The van der Waals surface area contributed by atoms with E-state index in [1.165, 1.54) is 4.31 Å². The highest BCUT2D eigenvalue weighted by Crippen LogP contribution is 2.18. The third-order valence-corrected chi connectivity index (χ3v) is 4.68. The van der Waals surface area contributed by atoms with Gasteiger partial charge in [-0.15, -0.1) is 0 Å². The molecule has 6 nitrogen and oxygen atoms in total. The molecule has 0 N–H and O–H groups in total. The second kappa shape index (κ2) is 8.53. The molecule has 1 amide bonds. The van der Waals surface area contributed by atoms with Crippen LogP contribution in [0.25, 0.3) is 0 Å². The molecule has 1 aromatic carbocycles. The first-order valence-corrected chi connectivity index (χ1v) is 9.36. The van der Waals surface area contributed by atoms with Crippen LogP contribution in [0, 0.1) is 11.3 Å². The minimum Gasteiger partial charge on any atom is -0.346 e. The van der Waals surface area contributed by atoms with Crippen molar-refractivity contribution in [2.45, 2.75) is 26.2 Å². The highest BCUT2D eigenvalue weighted by atomic mass is 32.2. The van der Waals surface area contributed by atoms with Crippen LogP contribution in [-0.4, -0.2) is 45.6 Å². The molecular weight excluding hydrogens is 314 g/mol. The van der Waals surface area contributed by atoms with E-state index in [9.17, 15) is 13.2 Å². The Balaban J connectivity index is 2.81. The van der Waals surface area contributed by atoms with E-state index in [1.807, 2.05) is 6.07 Å². The summed E-state index contributed by atoms with van der Waals surface area (Å²) in [7, 11) is -1.77. The number of nitrogens with zero attached hydrogens (tertiary/aromatic N) is 3. The minimum atomic E-state index is -3.50. The number of hydrogen-bond acceptors (Lipinski definition) is 4. The lowest BCUT2D eigenvalue weighted by Crippen LogP contribution is -2.35. The molecule has 0 fully saturated rings. The molecule has 1 rings (SSSR count). The van der Waals surface area contributed by atoms with Gasteiger partial charge in [0.05, 0.1) is 23.6 Å². The van der Waals surface area contributed by atoms with E-state index in [-0.39, 0.29) is 18.9 Å². The molecule has 1 aromatic rings. The fourth-order valence-electron chi connectivity index (χ4n) is 2.10. The Bertz CT molecular complexity index is 663. The van der Waals surface area contributed by atoms with E-state index in [4.69, 9.17) is 5.26 Å². The first kappa shape index (κ1) is 19.0. The average molecular weight is 337 g/mol. The summed E-state index contributed by atoms with van der Waals surface area (Å²) in [5, 5.41) is 8.80. The van der Waals surface area contributed by atoms with Crippen molar-refractivity contribution >= 4 is 21.6 Å². The van der Waals surface area contributed by atoms with Gasteiger partial charge in [-0.25, -0.2) is 8.42 Å². The molecule has 0 saturated heterocycles. The number of rotatable bonds is 8. The summed E-state index contributed by atoms with van der Waals surface area (Å²) in [4.78, 5) is 13.7. The predicted molar refractivity (Wildman–Crippen MR) is 90.5 cm³/mol. The maximum Gasteiger partial charge on any atom is 0.232 e. The second-order valence-electron chi connectivity index (χ2n) is 5.41. The maximum atomic E-state index is 12.1. The molecule has 0 aromatic heterocycles. The van der Waals surface area contributed by atoms with Crippen molar-refractivity contribution in [1.82, 2.24) is 4.90 Å². The van der Waals surface area contributed by atoms with E-state index in [1.54, 1.807) is 36.2 Å². The smallest absolute Gasteiger partial charge is 0.232 e. The van der Waals surface area contributed by atoms with Gasteiger partial charge in [0, 0.05) is 26.6 Å². The number of hydrogen-bond donors (Lipinski definition) is 0. The Hall–Kier alpha value is -2.07. The van der Waals surface area contributed by atoms with E-state index in [0.717, 1.165) is 19.1 Å². The molecule has 0 unspecified atom stereocenters. The summed E-state index contributed by atoms with van der Waals surface area (Å²) >= 11 is 0. The molecule has 126 valence electrons. The van der Waals surface area contributed by atoms with Gasteiger partial charge in [0.1, 0.15) is 0 Å². The number of amides is 1. The predicted octanol–water partition coefficient (Wildman–Crippen LogP) is 1.97. The monoisotopic (exact) mass is 337 g/mol. The van der Waals surface area contributed by atoms with Gasteiger partial charge in [-0.05, 0) is 30.7 Å². The molecule has 0 heterocycles. The van der Waals surface area contributed by atoms with Gasteiger partial charge in [0.15, 0.2) is 0 Å². The Morgan fingerprint density at radius 2 is 1.83 bits per heavy atom. The van der Waals surface area contributed by atoms with Crippen LogP contribution in [0.1, 0.15) is 31.7 Å². The minimum absolute atomic E-state index is 0.0826. The van der Waals surface area contributed by atoms with Gasteiger partial charge in [0.2, 0.25) is 15.9 Å². The van der Waals surface area contributed by atoms with Crippen LogP contribution in [0.4, 0.5) is 5.69 Å². The zero-order chi connectivity index (χ0) is 17.5. The van der Waals surface area contributed by atoms with Gasteiger partial charge in [-0.2, -0.15) is 5.26 Å². The number of sulfonamides is 1. The Morgan fingerprint density at radius 1 is 1.22 bits per heavy atom. The van der Waals surface area contributed by atoms with Crippen molar-refractivity contribution in [2.24, 2.45) is 0 Å². The standard InChI is InChI=1S/C16H23N3O3S/c1-4-5-11-18(2)16(20)10-12-19(23(3,21)22)15-8-6-14(13-17)7-9-15/h6-9H,4-5,10-12H2,1-3H3. The van der Waals surface area contributed by atoms with Gasteiger partial charge in [-0.1, -0.05) is 13.3 Å². The molecule has 0 aliphatic rings. The molecular formula is C16H23N3O3S. The lowest BCUT2D eigenvalue weighted by Gasteiger charge is -2.24. The molecule has 23 heavy (non-hydrogen) atoms. The first-order chi connectivity index (χ1) is 10.8. The Morgan fingerprint density at radius 3 is 2.30 bits per heavy atom. The number of carbonyl (C=O) groups is 1. The van der Waals surface area contributed by atoms with E-state index >= 15 is 0 Å². The quantitative estimate of drug-likeness (QED) is 0.726. The van der Waals surface area contributed by atoms with Crippen LogP contribution in [0.15, 0.2) is 24.3 Å². The van der Waals surface area contributed by atoms with Crippen molar-refractivity contribution in [3.8, 4) is 6.07 Å². The number of unbranched alkanes of at least 4 members (excludes halogenated alkanes) is 1. The summed E-state index contributed by atoms with van der Waals surface area (Å²) in [6.45, 7) is 2.81. The molecule has 0 saturated carbocycles. The number of anilines is 1. The van der Waals surface area contributed by atoms with Crippen LogP contribution >= 0.6 is 0 Å². The van der Waals surface area contributed by atoms with Crippen LogP contribution < -0.4 is 4.31 Å². The summed E-state index contributed by atoms with van der Waals surface area (Å²) in [6.07, 6.45) is 3.15. The van der Waals surface area contributed by atoms with E-state index in [2.05, 4.69) is 6.92 Å². The average Bonchev–Trinajstić information content (AvgIpc) is 2.51. The first-order valence-electron chi connectivity index (χ1n) is 7.51. The highest BCUT2D eigenvalue weighted by Gasteiger charge is 2.19. The second-order valence-corrected chi connectivity index (χ2v) is 7.32. The molecule has 0 atom stereocenters. The lowest BCUT2D eigenvalue weighted by atomic mass is 10.2. The van der Waals surface area contributed by atoms with Crippen LogP contribution in [-0.2, 0) is 14.8 Å². The zero-order valence-corrected chi connectivity index (χ0v) is 14.6. The summed E-state index contributed by atoms with van der Waals surface area (Å²) in [6, 6.07) is 8.25. The van der Waals surface area contributed by atoms with Crippen molar-refractivity contribution in [2.75, 3.05) is 30.7 Å². The Labute approximate surface area is 138 Å². The number of nitriles is 1. The van der Waals surface area contributed by atoms with Crippen LogP contribution in [0.5, 0.6) is 0 Å². The lowest BCUT2D eigenvalue weighted by molar-refractivity contribution is -0.129. The fraction of sp³-hybridized carbons (Fsp3) is 0.500. The largest absolute Gasteiger partial charge is 0.346 e. The third kappa shape index (κ3) is 5.91. The van der Waals surface area contributed by atoms with Gasteiger partial charge in [-0.3, -0.25) is 9.10 Å². The van der Waals surface area contributed by atoms with Gasteiger partial charge < -0.3 is 4.90 Å². The van der Waals surface area contributed by atoms with Crippen molar-refractivity contribution in [1.29, 1.82) is 5.26 Å². The Kier molecular flexibility index (Phi) is 7.04. The van der Waals surface area contributed by atoms with E-state index in [0.29, 0.717) is 17.8 Å². The molecule has 0 aliphatic carbocycles. The zero-order valence-electron chi connectivity index (χ0n) is 13.8. The molecule has 0 bridgehead atoms. The van der Waals surface area contributed by atoms with Gasteiger partial charge in [0.25, 0.3) is 0 Å². The van der Waals surface area contributed by atoms with Crippen molar-refractivity contribution in [3.05, 3.63) is 29.8 Å². The summed E-state index contributed by atoms with van der Waals surface area (Å²) in [5.41, 5.74) is 0.910. The fourth-order valence-corrected chi connectivity index (χ4v) is 3.02. The number of benzene rings is 1. The van der Waals surface area contributed by atoms with Gasteiger partial charge >= 0.3 is 0 Å². The third-order valence-electron chi connectivity index (χ3n) is 3.49. The van der Waals surface area contributed by atoms with Crippen molar-refractivity contribution < 1.29 is 13.2 Å². The molecule has 0 aliphatic heterocycles. The van der Waals surface area contributed by atoms with Crippen molar-refractivity contribution in [3.63, 3.8) is 0 Å². The van der Waals surface area contributed by atoms with Crippen LogP contribution in [0.2, 0.25) is 0 Å². The topological polar surface area (TPSA) is 81.5 Å². The molecule has 7 heteroatoms. The molecule has 0 radical (unpaired) electrons. The normalized spacial score (nSPS) is 10.9. The number of carbonyl (C=O) groups excluding carboxylic acids is 1. The highest BCUT2D eigenvalue weighted by molar-refractivity contribution is 7.92. The van der Waals surface area contributed by atoms with Crippen LogP contribution in [0.3, 0.4) is 0 Å². The SMILES string of the molecule is CCCCN(C)C(=O)CCN(c1ccc(C#N)cc1)S(C)(=O)=O. The van der Waals surface area contributed by atoms with E-state index < -0.39 is 10.0 Å². The summed E-state index contributed by atoms with van der Waals surface area (Å²) < 4.78 is 25.1.